The van der Waals surface area contributed by atoms with Gasteiger partial charge in [0.15, 0.2) is 0 Å². The van der Waals surface area contributed by atoms with Crippen molar-refractivity contribution in [3.8, 4) is 0 Å². The van der Waals surface area contributed by atoms with Crippen LogP contribution in [0.2, 0.25) is 0 Å². The van der Waals surface area contributed by atoms with Gasteiger partial charge in [0, 0.05) is 49.5 Å². The van der Waals surface area contributed by atoms with Crippen LogP contribution in [0, 0.1) is 5.92 Å². The second-order valence-electron chi connectivity index (χ2n) is 6.29. The Bertz CT molecular complexity index is 719. The topological polar surface area (TPSA) is 83.2 Å². The quantitative estimate of drug-likeness (QED) is 0.748. The average molecular weight is 329 g/mol. The van der Waals surface area contributed by atoms with E-state index in [2.05, 4.69) is 15.6 Å². The number of para-hydroxylation sites is 1. The molecule has 0 radical (unpaired) electrons. The highest BCUT2D eigenvalue weighted by Gasteiger charge is 2.23. The molecule has 1 fully saturated rings. The van der Waals surface area contributed by atoms with Crippen LogP contribution in [0.1, 0.15) is 18.9 Å². The van der Waals surface area contributed by atoms with E-state index in [9.17, 15) is 9.59 Å². The van der Waals surface area contributed by atoms with Crippen LogP contribution in [0.3, 0.4) is 0 Å². The van der Waals surface area contributed by atoms with E-state index >= 15 is 0 Å². The number of aromatic nitrogens is 1. The molecule has 2 amide bonds. The Balaban J connectivity index is 1.68. The summed E-state index contributed by atoms with van der Waals surface area (Å²) in [6, 6.07) is 7.35. The number of ether oxygens (including phenoxy) is 1. The molecule has 0 bridgehead atoms. The van der Waals surface area contributed by atoms with Crippen LogP contribution < -0.4 is 10.6 Å². The molecule has 1 aliphatic heterocycles. The number of carbonyl (C=O) groups is 2. The van der Waals surface area contributed by atoms with E-state index in [0.29, 0.717) is 25.5 Å². The van der Waals surface area contributed by atoms with Crippen molar-refractivity contribution in [1.29, 1.82) is 0 Å². The molecule has 128 valence electrons. The van der Waals surface area contributed by atoms with Gasteiger partial charge in [-0.2, -0.15) is 0 Å². The van der Waals surface area contributed by atoms with Crippen molar-refractivity contribution in [1.82, 2.24) is 15.6 Å². The minimum Gasteiger partial charge on any atom is -0.381 e. The zero-order valence-corrected chi connectivity index (χ0v) is 13.8. The Morgan fingerprint density at radius 2 is 2.21 bits per heavy atom. The summed E-state index contributed by atoms with van der Waals surface area (Å²) in [6.07, 6.45) is 3.32. The van der Waals surface area contributed by atoms with Crippen LogP contribution in [-0.4, -0.2) is 42.6 Å². The van der Waals surface area contributed by atoms with Crippen LogP contribution in [0.15, 0.2) is 30.5 Å². The minimum atomic E-state index is -0.580. The standard InChI is InChI=1S/C18H23N3O3/c1-12(22)21-17(18(23)20-9-13-6-7-24-11-13)8-14-10-19-16-5-3-2-4-15(14)16/h2-5,10,13,17,19H,6-9,11H2,1H3,(H,20,23)(H,21,22)/t13-,17+/m0/s1. The molecule has 3 rings (SSSR count). The van der Waals surface area contributed by atoms with Gasteiger partial charge in [-0.25, -0.2) is 0 Å². The third-order valence-electron chi connectivity index (χ3n) is 4.38. The van der Waals surface area contributed by atoms with Crippen LogP contribution >= 0.6 is 0 Å². The molecule has 0 saturated carbocycles. The maximum absolute atomic E-state index is 12.5. The zero-order valence-electron chi connectivity index (χ0n) is 13.8. The highest BCUT2D eigenvalue weighted by Crippen LogP contribution is 2.19. The van der Waals surface area contributed by atoms with Gasteiger partial charge >= 0.3 is 0 Å². The van der Waals surface area contributed by atoms with Crippen LogP contribution in [0.25, 0.3) is 10.9 Å². The Kier molecular flexibility index (Phi) is 5.15. The SMILES string of the molecule is CC(=O)N[C@H](Cc1c[nH]c2ccccc12)C(=O)NC[C@@H]1CCOC1. The van der Waals surface area contributed by atoms with Gasteiger partial charge in [0.05, 0.1) is 6.61 Å². The zero-order chi connectivity index (χ0) is 16.9. The van der Waals surface area contributed by atoms with Gasteiger partial charge in [0.25, 0.3) is 0 Å². The normalized spacial score (nSPS) is 18.5. The molecular formula is C18H23N3O3. The molecule has 1 saturated heterocycles. The summed E-state index contributed by atoms with van der Waals surface area (Å²) < 4.78 is 5.32. The van der Waals surface area contributed by atoms with E-state index in [0.717, 1.165) is 29.5 Å². The van der Waals surface area contributed by atoms with Gasteiger partial charge in [-0.1, -0.05) is 18.2 Å². The number of aromatic amines is 1. The van der Waals surface area contributed by atoms with Crippen molar-refractivity contribution in [3.05, 3.63) is 36.0 Å². The molecule has 6 nitrogen and oxygen atoms in total. The molecule has 3 N–H and O–H groups in total. The molecule has 1 aliphatic rings. The first-order valence-corrected chi connectivity index (χ1v) is 8.31. The fourth-order valence-electron chi connectivity index (χ4n) is 3.09. The summed E-state index contributed by atoms with van der Waals surface area (Å²) in [4.78, 5) is 27.2. The van der Waals surface area contributed by atoms with Crippen molar-refractivity contribution in [2.24, 2.45) is 5.92 Å². The Morgan fingerprint density at radius 3 is 2.96 bits per heavy atom. The summed E-state index contributed by atoms with van der Waals surface area (Å²) in [7, 11) is 0. The first-order valence-electron chi connectivity index (χ1n) is 8.31. The molecule has 24 heavy (non-hydrogen) atoms. The summed E-state index contributed by atoms with van der Waals surface area (Å²) in [5.74, 6) is 0.00147. The monoisotopic (exact) mass is 329 g/mol. The van der Waals surface area contributed by atoms with Crippen LogP contribution in [0.4, 0.5) is 0 Å². The van der Waals surface area contributed by atoms with Crippen molar-refractivity contribution in [3.63, 3.8) is 0 Å². The molecule has 6 heteroatoms. The first kappa shape index (κ1) is 16.5. The summed E-state index contributed by atoms with van der Waals surface area (Å²) in [6.45, 7) is 3.46. The van der Waals surface area contributed by atoms with Crippen molar-refractivity contribution in [2.75, 3.05) is 19.8 Å². The van der Waals surface area contributed by atoms with Crippen molar-refractivity contribution in [2.45, 2.75) is 25.8 Å². The molecule has 2 atom stereocenters. The lowest BCUT2D eigenvalue weighted by atomic mass is 10.0. The van der Waals surface area contributed by atoms with Crippen molar-refractivity contribution < 1.29 is 14.3 Å². The maximum atomic E-state index is 12.5. The Labute approximate surface area is 141 Å². The number of hydrogen-bond acceptors (Lipinski definition) is 3. The van der Waals surface area contributed by atoms with E-state index in [1.165, 1.54) is 6.92 Å². The van der Waals surface area contributed by atoms with Crippen LogP contribution in [0.5, 0.6) is 0 Å². The smallest absolute Gasteiger partial charge is 0.242 e. The fourth-order valence-corrected chi connectivity index (χ4v) is 3.09. The summed E-state index contributed by atoms with van der Waals surface area (Å²) in [5.41, 5.74) is 2.04. The number of rotatable bonds is 6. The molecule has 2 aromatic rings. The van der Waals surface area contributed by atoms with Gasteiger partial charge in [-0.3, -0.25) is 9.59 Å². The molecular weight excluding hydrogens is 306 g/mol. The predicted molar refractivity (Wildman–Crippen MR) is 91.5 cm³/mol. The molecule has 0 unspecified atom stereocenters. The van der Waals surface area contributed by atoms with Crippen molar-refractivity contribution >= 4 is 22.7 Å². The van der Waals surface area contributed by atoms with Gasteiger partial charge in [-0.15, -0.1) is 0 Å². The Morgan fingerprint density at radius 1 is 1.38 bits per heavy atom. The van der Waals surface area contributed by atoms with E-state index < -0.39 is 6.04 Å². The number of hydrogen-bond donors (Lipinski definition) is 3. The van der Waals surface area contributed by atoms with E-state index in [4.69, 9.17) is 4.74 Å². The molecule has 0 spiro atoms. The minimum absolute atomic E-state index is 0.151. The van der Waals surface area contributed by atoms with Gasteiger partial charge in [0.1, 0.15) is 6.04 Å². The largest absolute Gasteiger partial charge is 0.381 e. The van der Waals surface area contributed by atoms with E-state index in [-0.39, 0.29) is 11.8 Å². The highest BCUT2D eigenvalue weighted by atomic mass is 16.5. The molecule has 1 aromatic carbocycles. The second kappa shape index (κ2) is 7.49. The van der Waals surface area contributed by atoms with Gasteiger partial charge in [-0.05, 0) is 18.1 Å². The number of nitrogens with one attached hydrogen (secondary N) is 3. The third-order valence-corrected chi connectivity index (χ3v) is 4.38. The molecule has 2 heterocycles. The Hall–Kier alpha value is -2.34. The number of carbonyl (C=O) groups excluding carboxylic acids is 2. The average Bonchev–Trinajstić information content (AvgIpc) is 3.22. The number of H-pyrrole nitrogens is 1. The van der Waals surface area contributed by atoms with Gasteiger partial charge in [0.2, 0.25) is 11.8 Å². The van der Waals surface area contributed by atoms with Crippen LogP contribution in [-0.2, 0) is 20.7 Å². The summed E-state index contributed by atoms with van der Waals surface area (Å²) >= 11 is 0. The second-order valence-corrected chi connectivity index (χ2v) is 6.29. The lowest BCUT2D eigenvalue weighted by molar-refractivity contribution is -0.128. The highest BCUT2D eigenvalue weighted by molar-refractivity contribution is 5.89. The summed E-state index contributed by atoms with van der Waals surface area (Å²) in [5, 5.41) is 6.78. The van der Waals surface area contributed by atoms with E-state index in [1.54, 1.807) is 0 Å². The number of amides is 2. The molecule has 0 aliphatic carbocycles. The fraction of sp³-hybridized carbons (Fsp3) is 0.444. The lowest BCUT2D eigenvalue weighted by Crippen LogP contribution is -2.48. The predicted octanol–water partition coefficient (Wildman–Crippen LogP) is 1.37. The molecule has 1 aromatic heterocycles. The number of fused-ring (bicyclic) bond motifs is 1. The lowest BCUT2D eigenvalue weighted by Gasteiger charge is -2.18. The number of benzene rings is 1. The third kappa shape index (κ3) is 3.94. The maximum Gasteiger partial charge on any atom is 0.242 e. The van der Waals surface area contributed by atoms with E-state index in [1.807, 2.05) is 30.5 Å². The first-order chi connectivity index (χ1) is 11.6. The van der Waals surface area contributed by atoms with Gasteiger partial charge < -0.3 is 20.4 Å².